The highest BCUT2D eigenvalue weighted by Crippen LogP contribution is 2.12. The average molecular weight is 249 g/mol. The van der Waals surface area contributed by atoms with E-state index in [-0.39, 0.29) is 18.4 Å². The summed E-state index contributed by atoms with van der Waals surface area (Å²) in [5.74, 6) is -0.0797. The van der Waals surface area contributed by atoms with Crippen LogP contribution < -0.4 is 5.32 Å². The van der Waals surface area contributed by atoms with Gasteiger partial charge in [0.05, 0.1) is 11.7 Å². The first kappa shape index (κ1) is 14.3. The summed E-state index contributed by atoms with van der Waals surface area (Å²) in [5.41, 5.74) is 0.754. The number of hydrogen-bond acceptors (Lipinski definition) is 3. The van der Waals surface area contributed by atoms with Crippen molar-refractivity contribution in [1.29, 1.82) is 5.26 Å². The van der Waals surface area contributed by atoms with Gasteiger partial charge >= 0.3 is 0 Å². The molecular weight excluding hydrogens is 230 g/mol. The lowest BCUT2D eigenvalue weighted by Crippen LogP contribution is -2.35. The predicted octanol–water partition coefficient (Wildman–Crippen LogP) is 1.41. The van der Waals surface area contributed by atoms with Gasteiger partial charge in [-0.3, -0.25) is 4.79 Å². The van der Waals surface area contributed by atoms with Crippen molar-refractivity contribution in [3.05, 3.63) is 23.5 Å². The minimum Gasteiger partial charge on any atom is -0.391 e. The van der Waals surface area contributed by atoms with Crippen LogP contribution in [0.3, 0.4) is 0 Å². The Bertz CT molecular complexity index is 430. The molecular formula is C13H19N3O2. The molecule has 1 aromatic heterocycles. The van der Waals surface area contributed by atoms with Crippen LogP contribution in [0, 0.1) is 17.2 Å². The number of rotatable bonds is 6. The minimum atomic E-state index is -0.529. The van der Waals surface area contributed by atoms with E-state index in [0.717, 1.165) is 12.8 Å². The Balaban J connectivity index is 2.48. The molecule has 1 amide bonds. The van der Waals surface area contributed by atoms with Crippen LogP contribution in [-0.2, 0) is 0 Å². The molecule has 0 spiro atoms. The number of carbonyl (C=O) groups is 1. The lowest BCUT2D eigenvalue weighted by molar-refractivity contribution is 0.0817. The molecule has 98 valence electrons. The third-order valence-electron chi connectivity index (χ3n) is 3.13. The number of nitriles is 1. The summed E-state index contributed by atoms with van der Waals surface area (Å²) in [5, 5.41) is 21.2. The summed E-state index contributed by atoms with van der Waals surface area (Å²) in [6, 6.07) is 3.40. The molecule has 0 aliphatic heterocycles. The third-order valence-corrected chi connectivity index (χ3v) is 3.13. The molecule has 0 aromatic carbocycles. The Kier molecular flexibility index (Phi) is 5.40. The van der Waals surface area contributed by atoms with Crippen molar-refractivity contribution in [2.45, 2.75) is 32.8 Å². The van der Waals surface area contributed by atoms with Crippen LogP contribution in [-0.4, -0.2) is 28.6 Å². The first-order valence-electron chi connectivity index (χ1n) is 6.17. The van der Waals surface area contributed by atoms with Crippen LogP contribution in [0.2, 0.25) is 0 Å². The fraction of sp³-hybridized carbons (Fsp3) is 0.538. The third kappa shape index (κ3) is 3.60. The highest BCUT2D eigenvalue weighted by atomic mass is 16.3. The van der Waals surface area contributed by atoms with E-state index in [1.165, 1.54) is 12.3 Å². The number of aromatic amines is 1. The van der Waals surface area contributed by atoms with Crippen LogP contribution >= 0.6 is 0 Å². The molecule has 1 aromatic rings. The smallest absolute Gasteiger partial charge is 0.252 e. The monoisotopic (exact) mass is 249 g/mol. The van der Waals surface area contributed by atoms with Gasteiger partial charge in [-0.15, -0.1) is 0 Å². The van der Waals surface area contributed by atoms with E-state index < -0.39 is 6.10 Å². The number of aromatic nitrogens is 1. The van der Waals surface area contributed by atoms with E-state index in [1.807, 2.05) is 19.9 Å². The molecule has 1 heterocycles. The van der Waals surface area contributed by atoms with Crippen molar-refractivity contribution in [1.82, 2.24) is 10.3 Å². The number of hydrogen-bond donors (Lipinski definition) is 3. The van der Waals surface area contributed by atoms with E-state index in [2.05, 4.69) is 10.3 Å². The van der Waals surface area contributed by atoms with Crippen LogP contribution in [0.1, 0.15) is 42.7 Å². The summed E-state index contributed by atoms with van der Waals surface area (Å²) < 4.78 is 0. The van der Waals surface area contributed by atoms with Gasteiger partial charge in [-0.1, -0.05) is 26.7 Å². The molecule has 0 bridgehead atoms. The van der Waals surface area contributed by atoms with Crippen LogP contribution in [0.25, 0.3) is 0 Å². The quantitative estimate of drug-likeness (QED) is 0.712. The molecule has 0 radical (unpaired) electrons. The number of aliphatic hydroxyl groups excluding tert-OH is 1. The topological polar surface area (TPSA) is 88.9 Å². The molecule has 1 unspecified atom stereocenters. The Morgan fingerprint density at radius 3 is 2.72 bits per heavy atom. The van der Waals surface area contributed by atoms with Crippen molar-refractivity contribution in [3.8, 4) is 6.07 Å². The fourth-order valence-electron chi connectivity index (χ4n) is 1.89. The summed E-state index contributed by atoms with van der Waals surface area (Å²) in [6.45, 7) is 4.27. The summed E-state index contributed by atoms with van der Waals surface area (Å²) in [4.78, 5) is 14.4. The molecule has 0 fully saturated rings. The molecule has 0 saturated carbocycles. The molecule has 0 aliphatic carbocycles. The molecule has 1 rings (SSSR count). The number of amides is 1. The van der Waals surface area contributed by atoms with Gasteiger partial charge < -0.3 is 15.4 Å². The molecule has 5 nitrogen and oxygen atoms in total. The van der Waals surface area contributed by atoms with Crippen LogP contribution in [0.5, 0.6) is 0 Å². The number of carbonyl (C=O) groups excluding carboxylic acids is 1. The van der Waals surface area contributed by atoms with Crippen molar-refractivity contribution < 1.29 is 9.90 Å². The minimum absolute atomic E-state index is 0.200. The van der Waals surface area contributed by atoms with E-state index in [1.54, 1.807) is 0 Å². The SMILES string of the molecule is CCC(CC)C(O)CNC(=O)c1c[nH]c(C#N)c1. The largest absolute Gasteiger partial charge is 0.391 e. The van der Waals surface area contributed by atoms with Gasteiger partial charge in [-0.25, -0.2) is 0 Å². The number of aliphatic hydroxyl groups is 1. The van der Waals surface area contributed by atoms with Gasteiger partial charge in [0.15, 0.2) is 0 Å². The lowest BCUT2D eigenvalue weighted by atomic mass is 9.96. The summed E-state index contributed by atoms with van der Waals surface area (Å²) >= 11 is 0. The second-order valence-corrected chi connectivity index (χ2v) is 4.27. The lowest BCUT2D eigenvalue weighted by Gasteiger charge is -2.20. The fourth-order valence-corrected chi connectivity index (χ4v) is 1.89. The Morgan fingerprint density at radius 1 is 1.56 bits per heavy atom. The highest BCUT2D eigenvalue weighted by molar-refractivity contribution is 5.94. The van der Waals surface area contributed by atoms with Gasteiger partial charge in [0.2, 0.25) is 0 Å². The van der Waals surface area contributed by atoms with Gasteiger partial charge in [-0.05, 0) is 12.0 Å². The predicted molar refractivity (Wildman–Crippen MR) is 67.9 cm³/mol. The second-order valence-electron chi connectivity index (χ2n) is 4.27. The Morgan fingerprint density at radius 2 is 2.22 bits per heavy atom. The zero-order valence-corrected chi connectivity index (χ0v) is 10.7. The molecule has 0 saturated heterocycles. The van der Waals surface area contributed by atoms with Crippen LogP contribution in [0.15, 0.2) is 12.3 Å². The molecule has 3 N–H and O–H groups in total. The molecule has 0 aliphatic rings. The van der Waals surface area contributed by atoms with Crippen LogP contribution in [0.4, 0.5) is 0 Å². The summed E-state index contributed by atoms with van der Waals surface area (Å²) in [7, 11) is 0. The molecule has 18 heavy (non-hydrogen) atoms. The Labute approximate surface area is 107 Å². The molecule has 1 atom stereocenters. The van der Waals surface area contributed by atoms with E-state index in [0.29, 0.717) is 11.3 Å². The van der Waals surface area contributed by atoms with Crippen molar-refractivity contribution in [3.63, 3.8) is 0 Å². The second kappa shape index (κ2) is 6.82. The average Bonchev–Trinajstić information content (AvgIpc) is 2.86. The van der Waals surface area contributed by atoms with E-state index in [4.69, 9.17) is 5.26 Å². The molecule has 5 heteroatoms. The highest BCUT2D eigenvalue weighted by Gasteiger charge is 2.17. The van der Waals surface area contributed by atoms with Crippen molar-refractivity contribution >= 4 is 5.91 Å². The summed E-state index contributed by atoms with van der Waals surface area (Å²) in [6.07, 6.45) is 2.72. The maximum atomic E-state index is 11.7. The zero-order chi connectivity index (χ0) is 13.5. The Hall–Kier alpha value is -1.80. The maximum Gasteiger partial charge on any atom is 0.252 e. The van der Waals surface area contributed by atoms with Gasteiger partial charge in [0, 0.05) is 12.7 Å². The number of nitrogens with zero attached hydrogens (tertiary/aromatic N) is 1. The van der Waals surface area contributed by atoms with Gasteiger partial charge in [0.1, 0.15) is 11.8 Å². The first-order valence-corrected chi connectivity index (χ1v) is 6.17. The van der Waals surface area contributed by atoms with Crippen molar-refractivity contribution in [2.75, 3.05) is 6.54 Å². The number of nitrogens with one attached hydrogen (secondary N) is 2. The first-order chi connectivity index (χ1) is 8.62. The van der Waals surface area contributed by atoms with Crippen molar-refractivity contribution in [2.24, 2.45) is 5.92 Å². The number of H-pyrrole nitrogens is 1. The maximum absolute atomic E-state index is 11.7. The van der Waals surface area contributed by atoms with E-state index in [9.17, 15) is 9.90 Å². The zero-order valence-electron chi connectivity index (χ0n) is 10.7. The van der Waals surface area contributed by atoms with E-state index >= 15 is 0 Å². The normalized spacial score (nSPS) is 12.2. The van der Waals surface area contributed by atoms with Gasteiger partial charge in [0.25, 0.3) is 5.91 Å². The van der Waals surface area contributed by atoms with Gasteiger partial charge in [-0.2, -0.15) is 5.26 Å². The standard InChI is InChI=1S/C13H19N3O2/c1-3-9(4-2)12(17)8-16-13(18)10-5-11(6-14)15-7-10/h5,7,9,12,15,17H,3-4,8H2,1-2H3,(H,16,18).